The number of nitrogens with zero attached hydrogens (tertiary/aromatic N) is 5. The van der Waals surface area contributed by atoms with Gasteiger partial charge >= 0.3 is 6.18 Å². The molecule has 3 heterocycles. The number of aromatic nitrogens is 2. The average molecular weight is 589 g/mol. The van der Waals surface area contributed by atoms with E-state index in [1.807, 2.05) is 12.1 Å². The number of rotatable bonds is 7. The van der Waals surface area contributed by atoms with Gasteiger partial charge in [0.15, 0.2) is 12.0 Å². The molecule has 0 bridgehead atoms. The minimum Gasteiger partial charge on any atom is -0.371 e. The van der Waals surface area contributed by atoms with Crippen LogP contribution in [0.3, 0.4) is 0 Å². The summed E-state index contributed by atoms with van der Waals surface area (Å²) < 4.78 is 47.9. The van der Waals surface area contributed by atoms with Crippen LogP contribution >= 0.6 is 0 Å². The molecule has 0 saturated carbocycles. The molecule has 42 heavy (non-hydrogen) atoms. The Labute approximate surface area is 241 Å². The molecule has 2 aliphatic rings. The lowest BCUT2D eigenvalue weighted by molar-refractivity contribution is -0.385. The van der Waals surface area contributed by atoms with E-state index in [1.54, 1.807) is 13.0 Å². The smallest absolute Gasteiger partial charge is 0.371 e. The Bertz CT molecular complexity index is 1510. The normalized spacial score (nSPS) is 19.3. The molecule has 0 amide bonds. The minimum atomic E-state index is -4.76. The summed E-state index contributed by atoms with van der Waals surface area (Å²) in [4.78, 5) is 28.7. The molecule has 13 heteroatoms. The van der Waals surface area contributed by atoms with E-state index in [0.717, 1.165) is 56.6 Å². The molecule has 0 spiro atoms. The highest BCUT2D eigenvalue weighted by molar-refractivity contribution is 5.93. The maximum atomic E-state index is 13.6. The number of anilines is 2. The van der Waals surface area contributed by atoms with Crippen molar-refractivity contribution in [3.63, 3.8) is 0 Å². The van der Waals surface area contributed by atoms with Crippen molar-refractivity contribution in [3.8, 4) is 0 Å². The largest absolute Gasteiger partial charge is 0.416 e. The van der Waals surface area contributed by atoms with Crippen LogP contribution < -0.4 is 15.8 Å². The predicted octanol–water partition coefficient (Wildman–Crippen LogP) is 5.73. The Morgan fingerprint density at radius 1 is 1.10 bits per heavy atom. The van der Waals surface area contributed by atoms with Crippen molar-refractivity contribution in [1.29, 1.82) is 0 Å². The van der Waals surface area contributed by atoms with Crippen LogP contribution in [-0.4, -0.2) is 59.4 Å². The van der Waals surface area contributed by atoms with Gasteiger partial charge in [0.1, 0.15) is 0 Å². The van der Waals surface area contributed by atoms with Gasteiger partial charge in [0.25, 0.3) is 11.2 Å². The number of nitrogens with one attached hydrogen (secondary N) is 1. The second-order valence-electron chi connectivity index (χ2n) is 11.3. The summed E-state index contributed by atoms with van der Waals surface area (Å²) in [5, 5.41) is 20.1. The molecule has 1 N–H and O–H groups in total. The van der Waals surface area contributed by atoms with Crippen molar-refractivity contribution in [2.45, 2.75) is 63.5 Å². The Hall–Kier alpha value is -3.71. The summed E-state index contributed by atoms with van der Waals surface area (Å²) in [6.07, 6.45) is -1.00. The molecule has 1 aromatic heterocycles. The number of hydrogen-bond acceptors (Lipinski definition) is 8. The van der Waals surface area contributed by atoms with Crippen LogP contribution in [0.1, 0.15) is 62.4 Å². The Balaban J connectivity index is 1.56. The number of fused-ring (bicyclic) bond motifs is 1. The van der Waals surface area contributed by atoms with Crippen LogP contribution in [-0.2, 0) is 10.9 Å². The van der Waals surface area contributed by atoms with Crippen molar-refractivity contribution in [3.05, 3.63) is 68.0 Å². The molecule has 2 fully saturated rings. The van der Waals surface area contributed by atoms with Crippen molar-refractivity contribution in [1.82, 2.24) is 14.7 Å². The molecule has 2 atom stereocenters. The number of nitro groups is 1. The Morgan fingerprint density at radius 3 is 2.45 bits per heavy atom. The number of hydrogen-bond donors (Lipinski definition) is 1. The van der Waals surface area contributed by atoms with Crippen molar-refractivity contribution in [2.24, 2.45) is 0 Å². The molecular weight excluding hydrogens is 553 g/mol. The highest BCUT2D eigenvalue weighted by atomic mass is 19.4. The van der Waals surface area contributed by atoms with E-state index < -0.39 is 34.6 Å². The fraction of sp³-hybridized carbons (Fsp3) is 0.517. The van der Waals surface area contributed by atoms with Gasteiger partial charge in [0.2, 0.25) is 0 Å². The first-order valence-corrected chi connectivity index (χ1v) is 14.1. The topological polar surface area (TPSA) is 106 Å². The minimum absolute atomic E-state index is 0.0695. The van der Waals surface area contributed by atoms with E-state index in [0.29, 0.717) is 35.9 Å². The molecule has 0 radical (unpaired) electrons. The zero-order valence-electron chi connectivity index (χ0n) is 23.9. The van der Waals surface area contributed by atoms with Crippen molar-refractivity contribution >= 4 is 28.0 Å². The quantitative estimate of drug-likeness (QED) is 0.276. The van der Waals surface area contributed by atoms with Gasteiger partial charge in [0.05, 0.1) is 21.9 Å². The number of non-ortho nitro benzene ring substituents is 1. The highest BCUT2D eigenvalue weighted by Gasteiger charge is 2.33. The second kappa shape index (κ2) is 11.9. The van der Waals surface area contributed by atoms with Crippen LogP contribution in [0, 0.1) is 10.1 Å². The molecule has 2 unspecified atom stereocenters. The lowest BCUT2D eigenvalue weighted by Crippen LogP contribution is -2.42. The number of nitro benzene ring substituents is 1. The van der Waals surface area contributed by atoms with E-state index in [9.17, 15) is 28.1 Å². The van der Waals surface area contributed by atoms with Gasteiger partial charge in [-0.15, -0.1) is 5.10 Å². The molecule has 0 aliphatic carbocycles. The SMILES string of the molecule is CC(Nc1nn(C2CCCCO2)c(=O)c2ccc(N3CCC(N(C)C)CC3)cc12)c1cc([N+](=O)[O-])cc(C(F)(F)F)c1. The molecule has 226 valence electrons. The third-order valence-electron chi connectivity index (χ3n) is 8.22. The van der Waals surface area contributed by atoms with E-state index in [2.05, 4.69) is 34.3 Å². The van der Waals surface area contributed by atoms with Gasteiger partial charge in [-0.05, 0) is 83.0 Å². The number of alkyl halides is 3. The summed E-state index contributed by atoms with van der Waals surface area (Å²) in [5.41, 5.74) is -1.10. The van der Waals surface area contributed by atoms with Gasteiger partial charge < -0.3 is 19.9 Å². The number of piperidine rings is 1. The average Bonchev–Trinajstić information content (AvgIpc) is 2.98. The Morgan fingerprint density at radius 2 is 1.83 bits per heavy atom. The van der Waals surface area contributed by atoms with Gasteiger partial charge in [-0.25, -0.2) is 0 Å². The van der Waals surface area contributed by atoms with Crippen LogP contribution in [0.25, 0.3) is 10.8 Å². The third-order valence-corrected chi connectivity index (χ3v) is 8.22. The standard InChI is InChI=1S/C29H35F3N6O4/c1-18(19-14-20(29(30,31)32)16-23(15-19)38(40)41)33-27-25-17-22(36-11-9-21(10-12-36)35(2)3)7-8-24(25)28(39)37(34-27)26-6-4-5-13-42-26/h7-8,14-18,21,26H,4-6,9-13H2,1-3H3,(H,33,34). The van der Waals surface area contributed by atoms with Crippen LogP contribution in [0.4, 0.5) is 30.4 Å². The summed E-state index contributed by atoms with van der Waals surface area (Å²) in [5.74, 6) is 0.288. The molecule has 2 aromatic carbocycles. The predicted molar refractivity (Wildman–Crippen MR) is 154 cm³/mol. The lowest BCUT2D eigenvalue weighted by Gasteiger charge is -2.36. The number of benzene rings is 2. The lowest BCUT2D eigenvalue weighted by atomic mass is 10.0. The van der Waals surface area contributed by atoms with Gasteiger partial charge in [-0.3, -0.25) is 14.9 Å². The summed E-state index contributed by atoms with van der Waals surface area (Å²) in [7, 11) is 4.14. The summed E-state index contributed by atoms with van der Waals surface area (Å²) in [6, 6.07) is 7.78. The third kappa shape index (κ3) is 6.21. The first-order valence-electron chi connectivity index (χ1n) is 14.1. The maximum Gasteiger partial charge on any atom is 0.416 e. The van der Waals surface area contributed by atoms with E-state index >= 15 is 0 Å². The second-order valence-corrected chi connectivity index (χ2v) is 11.3. The van der Waals surface area contributed by atoms with Crippen LogP contribution in [0.5, 0.6) is 0 Å². The maximum absolute atomic E-state index is 13.6. The zero-order valence-corrected chi connectivity index (χ0v) is 23.9. The molecule has 2 saturated heterocycles. The first-order chi connectivity index (χ1) is 19.9. The molecule has 2 aliphatic heterocycles. The monoisotopic (exact) mass is 588 g/mol. The fourth-order valence-electron chi connectivity index (χ4n) is 5.74. The summed E-state index contributed by atoms with van der Waals surface area (Å²) in [6.45, 7) is 3.77. The van der Waals surface area contributed by atoms with E-state index in [-0.39, 0.29) is 16.9 Å². The van der Waals surface area contributed by atoms with Gasteiger partial charge in [-0.2, -0.15) is 17.9 Å². The first kappa shape index (κ1) is 29.8. The zero-order chi connectivity index (χ0) is 30.2. The van der Waals surface area contributed by atoms with Crippen LogP contribution in [0.2, 0.25) is 0 Å². The molecule has 10 nitrogen and oxygen atoms in total. The Kier molecular flexibility index (Phi) is 8.42. The molecular formula is C29H35F3N6O4. The molecule has 5 rings (SSSR count). The molecule has 3 aromatic rings. The summed E-state index contributed by atoms with van der Waals surface area (Å²) >= 11 is 0. The van der Waals surface area contributed by atoms with Gasteiger partial charge in [0, 0.05) is 48.9 Å². The number of ether oxygens (including phenoxy) is 1. The van der Waals surface area contributed by atoms with E-state index in [1.165, 1.54) is 4.68 Å². The van der Waals surface area contributed by atoms with Crippen molar-refractivity contribution in [2.75, 3.05) is 44.0 Å². The number of halogens is 3. The van der Waals surface area contributed by atoms with Crippen LogP contribution in [0.15, 0.2) is 41.2 Å². The highest BCUT2D eigenvalue weighted by Crippen LogP contribution is 2.36. The van der Waals surface area contributed by atoms with Gasteiger partial charge in [-0.1, -0.05) is 0 Å². The fourth-order valence-corrected chi connectivity index (χ4v) is 5.74. The van der Waals surface area contributed by atoms with Crippen molar-refractivity contribution < 1.29 is 22.8 Å². The van der Waals surface area contributed by atoms with E-state index in [4.69, 9.17) is 4.74 Å².